The summed E-state index contributed by atoms with van der Waals surface area (Å²) in [5.41, 5.74) is 1.05. The third kappa shape index (κ3) is 4.52. The minimum absolute atomic E-state index is 0.180. The third-order valence-electron chi connectivity index (χ3n) is 3.52. The van der Waals surface area contributed by atoms with E-state index < -0.39 is 18.0 Å². The second kappa shape index (κ2) is 8.35. The lowest BCUT2D eigenvalue weighted by atomic mass is 10.2. The highest BCUT2D eigenvalue weighted by atomic mass is 32.1. The Hall–Kier alpha value is -3.06. The predicted octanol–water partition coefficient (Wildman–Crippen LogP) is 3.50. The largest absolute Gasteiger partial charge is 0.441 e. The fraction of sp³-hybridized carbons (Fsp3) is 0.105. The Morgan fingerprint density at radius 1 is 1.12 bits per heavy atom. The Bertz CT molecular complexity index is 868. The molecule has 0 unspecified atom stereocenters. The summed E-state index contributed by atoms with van der Waals surface area (Å²) in [7, 11) is 0. The van der Waals surface area contributed by atoms with Gasteiger partial charge in [-0.25, -0.2) is 9.18 Å². The molecule has 132 valence electrons. The van der Waals surface area contributed by atoms with E-state index >= 15 is 0 Å². The van der Waals surface area contributed by atoms with E-state index in [0.29, 0.717) is 10.6 Å². The van der Waals surface area contributed by atoms with Gasteiger partial charge in [-0.15, -0.1) is 11.3 Å². The van der Waals surface area contributed by atoms with Crippen LogP contribution in [0.4, 0.5) is 4.39 Å². The van der Waals surface area contributed by atoms with Gasteiger partial charge in [-0.2, -0.15) is 0 Å². The van der Waals surface area contributed by atoms with E-state index in [0.717, 1.165) is 5.56 Å². The van der Waals surface area contributed by atoms with Crippen molar-refractivity contribution in [2.24, 2.45) is 0 Å². The van der Waals surface area contributed by atoms with Crippen molar-refractivity contribution < 1.29 is 18.7 Å². The highest BCUT2D eigenvalue weighted by Crippen LogP contribution is 2.20. The number of pyridine rings is 1. The molecule has 0 radical (unpaired) electrons. The summed E-state index contributed by atoms with van der Waals surface area (Å²) in [6, 6.07) is 14.2. The van der Waals surface area contributed by atoms with Crippen LogP contribution in [0.5, 0.6) is 0 Å². The molecule has 3 aromatic rings. The highest BCUT2D eigenvalue weighted by molar-refractivity contribution is 7.11. The predicted molar refractivity (Wildman–Crippen MR) is 95.0 cm³/mol. The Balaban J connectivity index is 1.73. The summed E-state index contributed by atoms with van der Waals surface area (Å²) in [6.07, 6.45) is 0.348. The number of rotatable bonds is 6. The van der Waals surface area contributed by atoms with E-state index in [1.54, 1.807) is 47.8 Å². The summed E-state index contributed by atoms with van der Waals surface area (Å²) in [5, 5.41) is 4.44. The average Bonchev–Trinajstić information content (AvgIpc) is 3.21. The van der Waals surface area contributed by atoms with Crippen LogP contribution in [0.25, 0.3) is 0 Å². The summed E-state index contributed by atoms with van der Waals surface area (Å²) >= 11 is 1.23. The lowest BCUT2D eigenvalue weighted by Gasteiger charge is -2.17. The molecule has 1 N–H and O–H groups in total. The summed E-state index contributed by atoms with van der Waals surface area (Å²) in [4.78, 5) is 29.4. The Kier molecular flexibility index (Phi) is 5.70. The quantitative estimate of drug-likeness (QED) is 0.675. The number of hydrogen-bond acceptors (Lipinski definition) is 5. The van der Waals surface area contributed by atoms with Crippen LogP contribution in [0.15, 0.2) is 66.2 Å². The first-order valence-electron chi connectivity index (χ1n) is 7.81. The van der Waals surface area contributed by atoms with Gasteiger partial charge in [0.25, 0.3) is 5.91 Å². The smallest absolute Gasteiger partial charge is 0.349 e. The maximum Gasteiger partial charge on any atom is 0.349 e. The molecule has 0 aliphatic rings. The fourth-order valence-electron chi connectivity index (χ4n) is 2.22. The zero-order valence-electron chi connectivity index (χ0n) is 13.6. The van der Waals surface area contributed by atoms with Crippen molar-refractivity contribution in [3.63, 3.8) is 0 Å². The van der Waals surface area contributed by atoms with Gasteiger partial charge in [0.1, 0.15) is 10.7 Å². The molecule has 2 aromatic heterocycles. The number of ether oxygens (including phenoxy) is 1. The first-order chi connectivity index (χ1) is 12.6. The number of nitrogens with zero attached hydrogens (tertiary/aromatic N) is 1. The number of nitrogens with one attached hydrogen (secondary N) is 1. The molecule has 26 heavy (non-hydrogen) atoms. The Labute approximate surface area is 153 Å². The van der Waals surface area contributed by atoms with Crippen LogP contribution in [0.2, 0.25) is 0 Å². The number of benzene rings is 1. The van der Waals surface area contributed by atoms with Gasteiger partial charge in [-0.1, -0.05) is 24.3 Å². The van der Waals surface area contributed by atoms with Gasteiger partial charge in [0.2, 0.25) is 6.10 Å². The fourth-order valence-corrected chi connectivity index (χ4v) is 2.83. The van der Waals surface area contributed by atoms with Crippen molar-refractivity contribution in [2.75, 3.05) is 0 Å². The molecule has 0 fully saturated rings. The average molecular weight is 370 g/mol. The van der Waals surface area contributed by atoms with Crippen LogP contribution in [0, 0.1) is 5.82 Å². The van der Waals surface area contributed by atoms with Crippen molar-refractivity contribution in [1.29, 1.82) is 0 Å². The normalized spacial score (nSPS) is 11.6. The minimum atomic E-state index is -1.17. The lowest BCUT2D eigenvalue weighted by molar-refractivity contribution is -0.130. The number of carbonyl (C=O) groups excluding carboxylic acids is 2. The van der Waals surface area contributed by atoms with E-state index in [-0.39, 0.29) is 12.4 Å². The number of hydrogen-bond donors (Lipinski definition) is 1. The number of carbonyl (C=O) groups is 2. The first-order valence-corrected chi connectivity index (χ1v) is 8.69. The number of thiophene rings is 1. The van der Waals surface area contributed by atoms with Gasteiger partial charge in [0.15, 0.2) is 0 Å². The highest BCUT2D eigenvalue weighted by Gasteiger charge is 2.27. The van der Waals surface area contributed by atoms with Crippen LogP contribution < -0.4 is 5.32 Å². The van der Waals surface area contributed by atoms with Gasteiger partial charge in [0.05, 0.1) is 5.69 Å². The number of amides is 1. The standard InChI is InChI=1S/C19H15FN2O3S/c20-14-8-6-13(7-9-14)12-22-18(23)17(15-4-1-2-10-21-15)25-19(24)16-5-3-11-26-16/h1-11,17H,12H2,(H,22,23)/t17-/m1/s1. The van der Waals surface area contributed by atoms with Gasteiger partial charge in [-0.3, -0.25) is 9.78 Å². The molecule has 0 saturated heterocycles. The second-order valence-electron chi connectivity index (χ2n) is 5.36. The maximum absolute atomic E-state index is 13.0. The summed E-state index contributed by atoms with van der Waals surface area (Å²) in [6.45, 7) is 0.180. The molecule has 1 amide bonds. The Morgan fingerprint density at radius 3 is 2.58 bits per heavy atom. The maximum atomic E-state index is 13.0. The number of halogens is 1. The number of aromatic nitrogens is 1. The summed E-state index contributed by atoms with van der Waals surface area (Å²) < 4.78 is 18.3. The van der Waals surface area contributed by atoms with Crippen molar-refractivity contribution in [3.05, 3.63) is 88.1 Å². The first kappa shape index (κ1) is 17.8. The van der Waals surface area contributed by atoms with E-state index in [1.807, 2.05) is 0 Å². The lowest BCUT2D eigenvalue weighted by Crippen LogP contribution is -2.32. The SMILES string of the molecule is O=C(O[C@@H](C(=O)NCc1ccc(F)cc1)c1ccccn1)c1cccs1. The topological polar surface area (TPSA) is 68.3 Å². The van der Waals surface area contributed by atoms with Gasteiger partial charge in [0, 0.05) is 12.7 Å². The third-order valence-corrected chi connectivity index (χ3v) is 4.37. The van der Waals surface area contributed by atoms with Gasteiger partial charge >= 0.3 is 5.97 Å². The van der Waals surface area contributed by atoms with Crippen LogP contribution in [0.3, 0.4) is 0 Å². The molecular weight excluding hydrogens is 355 g/mol. The monoisotopic (exact) mass is 370 g/mol. The zero-order valence-corrected chi connectivity index (χ0v) is 14.4. The zero-order chi connectivity index (χ0) is 18.4. The molecule has 5 nitrogen and oxygen atoms in total. The number of esters is 1. The van der Waals surface area contributed by atoms with E-state index in [1.165, 1.54) is 29.7 Å². The Morgan fingerprint density at radius 2 is 1.92 bits per heavy atom. The van der Waals surface area contributed by atoms with E-state index in [9.17, 15) is 14.0 Å². The molecule has 0 aliphatic heterocycles. The van der Waals surface area contributed by atoms with Gasteiger partial charge < -0.3 is 10.1 Å². The van der Waals surface area contributed by atoms with Gasteiger partial charge in [-0.05, 0) is 41.3 Å². The van der Waals surface area contributed by atoms with E-state index in [4.69, 9.17) is 4.74 Å². The molecule has 3 rings (SSSR count). The van der Waals surface area contributed by atoms with Crippen LogP contribution in [-0.4, -0.2) is 16.9 Å². The molecule has 0 aliphatic carbocycles. The van der Waals surface area contributed by atoms with Crippen LogP contribution >= 0.6 is 11.3 Å². The van der Waals surface area contributed by atoms with Crippen molar-refractivity contribution in [3.8, 4) is 0 Å². The molecule has 2 heterocycles. The molecule has 0 saturated carbocycles. The molecule has 1 atom stereocenters. The van der Waals surface area contributed by atoms with Crippen LogP contribution in [0.1, 0.15) is 27.0 Å². The molecule has 0 spiro atoms. The molecule has 7 heteroatoms. The summed E-state index contributed by atoms with van der Waals surface area (Å²) in [5.74, 6) is -1.44. The van der Waals surface area contributed by atoms with Crippen molar-refractivity contribution in [1.82, 2.24) is 10.3 Å². The minimum Gasteiger partial charge on any atom is -0.441 e. The van der Waals surface area contributed by atoms with Crippen molar-refractivity contribution in [2.45, 2.75) is 12.6 Å². The van der Waals surface area contributed by atoms with Crippen molar-refractivity contribution >= 4 is 23.2 Å². The molecule has 0 bridgehead atoms. The van der Waals surface area contributed by atoms with Crippen LogP contribution in [-0.2, 0) is 16.1 Å². The molecular formula is C19H15FN2O3S. The molecule has 1 aromatic carbocycles. The van der Waals surface area contributed by atoms with E-state index in [2.05, 4.69) is 10.3 Å². The second-order valence-corrected chi connectivity index (χ2v) is 6.31.